The lowest BCUT2D eigenvalue weighted by atomic mass is 10.1. The summed E-state index contributed by atoms with van der Waals surface area (Å²) in [6.07, 6.45) is 0.834. The highest BCUT2D eigenvalue weighted by molar-refractivity contribution is 5.68. The molecule has 1 aromatic heterocycles. The molecular formula is C22H31N5O2. The molecule has 0 saturated carbocycles. The first-order chi connectivity index (χ1) is 14.1. The number of hydrogen-bond acceptors (Lipinski definition) is 6. The summed E-state index contributed by atoms with van der Waals surface area (Å²) >= 11 is 0. The molecule has 7 heteroatoms. The van der Waals surface area contributed by atoms with E-state index in [1.165, 1.54) is 0 Å². The molecular weight excluding hydrogens is 366 g/mol. The zero-order valence-electron chi connectivity index (χ0n) is 17.6. The van der Waals surface area contributed by atoms with Crippen LogP contribution < -0.4 is 10.2 Å². The Bertz CT molecular complexity index is 789. The summed E-state index contributed by atoms with van der Waals surface area (Å²) in [5, 5.41) is 3.45. The van der Waals surface area contributed by atoms with Gasteiger partial charge in [0.15, 0.2) is 0 Å². The molecule has 2 aromatic rings. The second-order valence-electron chi connectivity index (χ2n) is 7.59. The second-order valence-corrected chi connectivity index (χ2v) is 7.59. The molecule has 1 aliphatic rings. The number of carbonyl (C=O) groups is 1. The highest BCUT2D eigenvalue weighted by atomic mass is 16.6. The maximum absolute atomic E-state index is 12.0. The zero-order valence-corrected chi connectivity index (χ0v) is 17.6. The number of ether oxygens (including phenoxy) is 1. The summed E-state index contributed by atoms with van der Waals surface area (Å²) in [5.74, 6) is 2.16. The third-order valence-corrected chi connectivity index (χ3v) is 4.90. The number of anilines is 2. The molecule has 1 amide bonds. The van der Waals surface area contributed by atoms with E-state index in [9.17, 15) is 4.79 Å². The van der Waals surface area contributed by atoms with Crippen molar-refractivity contribution in [1.82, 2.24) is 14.9 Å². The Kier molecular flexibility index (Phi) is 7.27. The average Bonchev–Trinajstić information content (AvgIpc) is 2.74. The third-order valence-electron chi connectivity index (χ3n) is 4.90. The lowest BCUT2D eigenvalue weighted by Gasteiger charge is -2.34. The van der Waals surface area contributed by atoms with E-state index in [1.807, 2.05) is 31.2 Å². The van der Waals surface area contributed by atoms with Crippen LogP contribution in [0.25, 0.3) is 11.3 Å². The molecule has 0 spiro atoms. The van der Waals surface area contributed by atoms with Crippen molar-refractivity contribution in [1.29, 1.82) is 0 Å². The Balaban J connectivity index is 1.77. The van der Waals surface area contributed by atoms with E-state index in [1.54, 1.807) is 4.90 Å². The molecule has 1 N–H and O–H groups in total. The minimum atomic E-state index is -0.248. The number of carbonyl (C=O) groups excluding carboxylic acids is 1. The van der Waals surface area contributed by atoms with E-state index in [4.69, 9.17) is 14.7 Å². The maximum Gasteiger partial charge on any atom is 0.409 e. The fourth-order valence-electron chi connectivity index (χ4n) is 3.22. The van der Waals surface area contributed by atoms with Gasteiger partial charge in [0.1, 0.15) is 5.82 Å². The molecule has 1 aliphatic heterocycles. The highest BCUT2D eigenvalue weighted by Crippen LogP contribution is 2.24. The van der Waals surface area contributed by atoms with Gasteiger partial charge < -0.3 is 19.9 Å². The Morgan fingerprint density at radius 1 is 1.14 bits per heavy atom. The largest absolute Gasteiger partial charge is 0.450 e. The van der Waals surface area contributed by atoms with Crippen molar-refractivity contribution in [2.75, 3.05) is 49.5 Å². The van der Waals surface area contributed by atoms with Gasteiger partial charge in [0.2, 0.25) is 5.95 Å². The molecule has 0 atom stereocenters. The summed E-state index contributed by atoms with van der Waals surface area (Å²) in [7, 11) is 0. The monoisotopic (exact) mass is 397 g/mol. The van der Waals surface area contributed by atoms with Gasteiger partial charge in [0.25, 0.3) is 0 Å². The van der Waals surface area contributed by atoms with Crippen LogP contribution in [0.3, 0.4) is 0 Å². The van der Waals surface area contributed by atoms with Crippen LogP contribution in [-0.4, -0.2) is 60.3 Å². The lowest BCUT2D eigenvalue weighted by Crippen LogP contribution is -2.49. The molecule has 0 bridgehead atoms. The fraction of sp³-hybridized carbons (Fsp3) is 0.500. The summed E-state index contributed by atoms with van der Waals surface area (Å²) < 4.78 is 5.11. The quantitative estimate of drug-likeness (QED) is 0.765. The SMILES string of the molecule is CCOC(=O)N1CCN(c2nc(NCCC(C)C)cc(-c3ccccc3)n2)CC1. The van der Waals surface area contributed by atoms with Gasteiger partial charge in [-0.25, -0.2) is 9.78 Å². The van der Waals surface area contributed by atoms with E-state index in [0.717, 1.165) is 30.0 Å². The van der Waals surface area contributed by atoms with Gasteiger partial charge in [-0.3, -0.25) is 0 Å². The first kappa shape index (κ1) is 20.9. The number of piperazine rings is 1. The number of benzene rings is 1. The third kappa shape index (κ3) is 5.82. The molecule has 2 heterocycles. The predicted molar refractivity (Wildman–Crippen MR) is 116 cm³/mol. The molecule has 1 fully saturated rings. The first-order valence-corrected chi connectivity index (χ1v) is 10.4. The molecule has 1 aromatic carbocycles. The normalized spacial score (nSPS) is 14.2. The average molecular weight is 398 g/mol. The van der Waals surface area contributed by atoms with Crippen LogP contribution in [0.4, 0.5) is 16.6 Å². The van der Waals surface area contributed by atoms with E-state index in [0.29, 0.717) is 44.7 Å². The molecule has 29 heavy (non-hydrogen) atoms. The van der Waals surface area contributed by atoms with Crippen LogP contribution in [0.15, 0.2) is 36.4 Å². The number of aromatic nitrogens is 2. The van der Waals surface area contributed by atoms with Gasteiger partial charge >= 0.3 is 6.09 Å². The van der Waals surface area contributed by atoms with Gasteiger partial charge in [0.05, 0.1) is 12.3 Å². The maximum atomic E-state index is 12.0. The van der Waals surface area contributed by atoms with Crippen molar-refractivity contribution < 1.29 is 9.53 Å². The van der Waals surface area contributed by atoms with Crippen LogP contribution >= 0.6 is 0 Å². The van der Waals surface area contributed by atoms with E-state index < -0.39 is 0 Å². The number of nitrogens with zero attached hydrogens (tertiary/aromatic N) is 4. The van der Waals surface area contributed by atoms with Crippen LogP contribution in [-0.2, 0) is 4.74 Å². The van der Waals surface area contributed by atoms with E-state index in [2.05, 4.69) is 36.2 Å². The number of nitrogens with one attached hydrogen (secondary N) is 1. The van der Waals surface area contributed by atoms with Crippen LogP contribution in [0.5, 0.6) is 0 Å². The van der Waals surface area contributed by atoms with Crippen LogP contribution in [0.1, 0.15) is 27.2 Å². The molecule has 3 rings (SSSR count). The number of amides is 1. The Morgan fingerprint density at radius 3 is 2.52 bits per heavy atom. The molecule has 7 nitrogen and oxygen atoms in total. The summed E-state index contributed by atoms with van der Waals surface area (Å²) in [5.41, 5.74) is 1.96. The van der Waals surface area contributed by atoms with Crippen LogP contribution in [0, 0.1) is 5.92 Å². The van der Waals surface area contributed by atoms with E-state index >= 15 is 0 Å². The van der Waals surface area contributed by atoms with Gasteiger partial charge in [-0.1, -0.05) is 44.2 Å². The van der Waals surface area contributed by atoms with Gasteiger partial charge in [-0.05, 0) is 19.3 Å². The molecule has 1 saturated heterocycles. The topological polar surface area (TPSA) is 70.6 Å². The van der Waals surface area contributed by atoms with Crippen molar-refractivity contribution in [2.24, 2.45) is 5.92 Å². The first-order valence-electron chi connectivity index (χ1n) is 10.4. The second kappa shape index (κ2) is 10.1. The minimum absolute atomic E-state index is 0.248. The van der Waals surface area contributed by atoms with Crippen molar-refractivity contribution in [3.63, 3.8) is 0 Å². The summed E-state index contributed by atoms with van der Waals surface area (Å²) in [6.45, 7) is 10.1. The Morgan fingerprint density at radius 2 is 1.86 bits per heavy atom. The minimum Gasteiger partial charge on any atom is -0.450 e. The number of rotatable bonds is 7. The molecule has 0 aliphatic carbocycles. The predicted octanol–water partition coefficient (Wildman–Crippen LogP) is 3.88. The van der Waals surface area contributed by atoms with Crippen molar-refractivity contribution in [3.8, 4) is 11.3 Å². The van der Waals surface area contributed by atoms with Crippen LogP contribution in [0.2, 0.25) is 0 Å². The van der Waals surface area contributed by atoms with Crippen molar-refractivity contribution in [3.05, 3.63) is 36.4 Å². The standard InChI is InChI=1S/C22H31N5O2/c1-4-29-22(28)27-14-12-26(13-15-27)21-24-19(18-8-6-5-7-9-18)16-20(25-21)23-11-10-17(2)3/h5-9,16-17H,4,10-15H2,1-3H3,(H,23,24,25). The van der Waals surface area contributed by atoms with Gasteiger partial charge in [-0.15, -0.1) is 0 Å². The fourth-order valence-corrected chi connectivity index (χ4v) is 3.22. The lowest BCUT2D eigenvalue weighted by molar-refractivity contribution is 0.105. The van der Waals surface area contributed by atoms with Gasteiger partial charge in [0, 0.05) is 44.4 Å². The Hall–Kier alpha value is -2.83. The molecule has 0 unspecified atom stereocenters. The van der Waals surface area contributed by atoms with Gasteiger partial charge in [-0.2, -0.15) is 4.98 Å². The summed E-state index contributed by atoms with van der Waals surface area (Å²) in [6, 6.07) is 12.2. The zero-order chi connectivity index (χ0) is 20.6. The Labute approximate surface area is 173 Å². The number of hydrogen-bond donors (Lipinski definition) is 1. The summed E-state index contributed by atoms with van der Waals surface area (Å²) in [4.78, 5) is 25.4. The molecule has 0 radical (unpaired) electrons. The van der Waals surface area contributed by atoms with Crippen molar-refractivity contribution in [2.45, 2.75) is 27.2 Å². The highest BCUT2D eigenvalue weighted by Gasteiger charge is 2.24. The molecule has 156 valence electrons. The van der Waals surface area contributed by atoms with Crippen molar-refractivity contribution >= 4 is 17.9 Å². The van der Waals surface area contributed by atoms with E-state index in [-0.39, 0.29) is 6.09 Å². The smallest absolute Gasteiger partial charge is 0.409 e.